The third-order valence-corrected chi connectivity index (χ3v) is 4.85. The molecule has 2 N–H and O–H groups in total. The molecule has 4 rings (SSSR count). The first-order valence-corrected chi connectivity index (χ1v) is 8.47. The highest BCUT2D eigenvalue weighted by Gasteiger charge is 2.02. The van der Waals surface area contributed by atoms with Gasteiger partial charge in [0.1, 0.15) is 11.5 Å². The van der Waals surface area contributed by atoms with Crippen LogP contribution >= 0.6 is 27.5 Å². The van der Waals surface area contributed by atoms with E-state index in [1.807, 2.05) is 54.6 Å². The molecular weight excluding hydrogens is 388 g/mol. The van der Waals surface area contributed by atoms with E-state index in [2.05, 4.69) is 15.9 Å². The van der Waals surface area contributed by atoms with Gasteiger partial charge in [-0.25, -0.2) is 0 Å². The highest BCUT2D eigenvalue weighted by atomic mass is 79.9. The first kappa shape index (κ1) is 16.6. The van der Waals surface area contributed by atoms with Crippen LogP contribution in [0.1, 0.15) is 0 Å². The molecule has 0 atom stereocenters. The Labute approximate surface area is 153 Å². The Hall–Kier alpha value is -2.23. The molecule has 0 radical (unpaired) electrons. The minimum absolute atomic E-state index is 0.273. The standard InChI is InChI=1S/C10H7BrO.C10H7ClO/c11-10-8-4-2-1-3-7(8)5-6-9(10)12;11-9-5-6-10(12)8-4-2-1-3-7(8)9/h2*1-6,12H. The average molecular weight is 402 g/mol. The van der Waals surface area contributed by atoms with Gasteiger partial charge in [-0.05, 0) is 44.9 Å². The number of aromatic hydroxyl groups is 2. The smallest absolute Gasteiger partial charge is 0.130 e. The van der Waals surface area contributed by atoms with Gasteiger partial charge in [-0.2, -0.15) is 0 Å². The van der Waals surface area contributed by atoms with Crippen LogP contribution in [0.25, 0.3) is 21.5 Å². The van der Waals surface area contributed by atoms with Gasteiger partial charge < -0.3 is 10.2 Å². The van der Waals surface area contributed by atoms with E-state index < -0.39 is 0 Å². The van der Waals surface area contributed by atoms with Crippen molar-refractivity contribution in [1.29, 1.82) is 0 Å². The fraction of sp³-hybridized carbons (Fsp3) is 0. The topological polar surface area (TPSA) is 40.5 Å². The number of phenolic OH excluding ortho intramolecular Hbond substituents is 2. The van der Waals surface area contributed by atoms with E-state index in [4.69, 9.17) is 11.6 Å². The monoisotopic (exact) mass is 400 g/mol. The maximum atomic E-state index is 9.44. The number of rotatable bonds is 0. The molecule has 0 unspecified atom stereocenters. The summed E-state index contributed by atoms with van der Waals surface area (Å²) in [6.07, 6.45) is 0. The van der Waals surface area contributed by atoms with Gasteiger partial charge in [0, 0.05) is 15.8 Å². The number of hydrogen-bond acceptors (Lipinski definition) is 2. The molecule has 0 amide bonds. The van der Waals surface area contributed by atoms with Crippen LogP contribution in [0.4, 0.5) is 0 Å². The van der Waals surface area contributed by atoms with Gasteiger partial charge in [0.25, 0.3) is 0 Å². The fourth-order valence-electron chi connectivity index (χ4n) is 2.47. The van der Waals surface area contributed by atoms with E-state index in [0.29, 0.717) is 5.02 Å². The summed E-state index contributed by atoms with van der Waals surface area (Å²) in [5, 5.41) is 23.3. The first-order chi connectivity index (χ1) is 11.6. The Morgan fingerprint density at radius 1 is 0.625 bits per heavy atom. The van der Waals surface area contributed by atoms with Crippen molar-refractivity contribution in [2.24, 2.45) is 0 Å². The Morgan fingerprint density at radius 2 is 1.21 bits per heavy atom. The van der Waals surface area contributed by atoms with E-state index in [9.17, 15) is 10.2 Å². The predicted octanol–water partition coefficient (Wildman–Crippen LogP) is 6.51. The Morgan fingerprint density at radius 3 is 1.92 bits per heavy atom. The molecular formula is C20H14BrClO2. The summed E-state index contributed by atoms with van der Waals surface area (Å²) in [7, 11) is 0. The summed E-state index contributed by atoms with van der Waals surface area (Å²) in [6.45, 7) is 0. The molecule has 4 aromatic rings. The number of fused-ring (bicyclic) bond motifs is 2. The largest absolute Gasteiger partial charge is 0.507 e. The van der Waals surface area contributed by atoms with Gasteiger partial charge in [0.15, 0.2) is 0 Å². The van der Waals surface area contributed by atoms with Crippen LogP contribution in [0.3, 0.4) is 0 Å². The molecule has 0 aliphatic carbocycles. The van der Waals surface area contributed by atoms with Crippen LogP contribution in [-0.4, -0.2) is 10.2 Å². The summed E-state index contributed by atoms with van der Waals surface area (Å²) in [4.78, 5) is 0. The first-order valence-electron chi connectivity index (χ1n) is 7.30. The summed E-state index contributed by atoms with van der Waals surface area (Å²) in [6, 6.07) is 22.3. The lowest BCUT2D eigenvalue weighted by Crippen LogP contribution is -1.74. The van der Waals surface area contributed by atoms with E-state index in [1.165, 1.54) is 0 Å². The predicted molar refractivity (Wildman–Crippen MR) is 104 cm³/mol. The molecule has 0 heterocycles. The minimum atomic E-state index is 0.273. The average Bonchev–Trinajstić information content (AvgIpc) is 2.62. The fourth-order valence-corrected chi connectivity index (χ4v) is 3.19. The SMILES string of the molecule is Oc1ccc(Cl)c2ccccc12.Oc1ccc2ccccc2c1Br. The van der Waals surface area contributed by atoms with Gasteiger partial charge in [0.05, 0.1) is 4.47 Å². The number of halogens is 2. The lowest BCUT2D eigenvalue weighted by atomic mass is 10.1. The third kappa shape index (κ3) is 3.32. The van der Waals surface area contributed by atoms with Crippen LogP contribution in [0.2, 0.25) is 5.02 Å². The van der Waals surface area contributed by atoms with Crippen molar-refractivity contribution in [3.8, 4) is 11.5 Å². The molecule has 4 aromatic carbocycles. The van der Waals surface area contributed by atoms with Crippen LogP contribution in [0.5, 0.6) is 11.5 Å². The second kappa shape index (κ2) is 7.12. The van der Waals surface area contributed by atoms with Crippen LogP contribution < -0.4 is 0 Å². The number of benzene rings is 4. The molecule has 4 heteroatoms. The zero-order valence-electron chi connectivity index (χ0n) is 12.6. The molecule has 0 aliphatic heterocycles. The van der Waals surface area contributed by atoms with Crippen molar-refractivity contribution >= 4 is 49.1 Å². The van der Waals surface area contributed by atoms with Crippen molar-refractivity contribution in [3.63, 3.8) is 0 Å². The second-order valence-electron chi connectivity index (χ2n) is 5.23. The van der Waals surface area contributed by atoms with Gasteiger partial charge in [-0.3, -0.25) is 0 Å². The quantitative estimate of drug-likeness (QED) is 0.353. The van der Waals surface area contributed by atoms with E-state index >= 15 is 0 Å². The maximum Gasteiger partial charge on any atom is 0.130 e. The normalized spacial score (nSPS) is 10.4. The zero-order chi connectivity index (χ0) is 17.1. The summed E-state index contributed by atoms with van der Waals surface area (Å²) in [5.41, 5.74) is 0. The highest BCUT2D eigenvalue weighted by Crippen LogP contribution is 2.32. The van der Waals surface area contributed by atoms with Crippen LogP contribution in [0.15, 0.2) is 77.3 Å². The van der Waals surface area contributed by atoms with Crippen molar-refractivity contribution in [2.45, 2.75) is 0 Å². The van der Waals surface area contributed by atoms with Gasteiger partial charge in [-0.1, -0.05) is 66.2 Å². The van der Waals surface area contributed by atoms with Crippen molar-refractivity contribution in [2.75, 3.05) is 0 Å². The molecule has 0 saturated heterocycles. The Kier molecular flexibility index (Phi) is 4.93. The van der Waals surface area contributed by atoms with Gasteiger partial charge in [0.2, 0.25) is 0 Å². The van der Waals surface area contributed by atoms with Crippen molar-refractivity contribution in [1.82, 2.24) is 0 Å². The van der Waals surface area contributed by atoms with Crippen molar-refractivity contribution in [3.05, 3.63) is 82.3 Å². The maximum absolute atomic E-state index is 9.44. The molecule has 2 nitrogen and oxygen atoms in total. The molecule has 120 valence electrons. The zero-order valence-corrected chi connectivity index (χ0v) is 14.9. The lowest BCUT2D eigenvalue weighted by molar-refractivity contribution is 0.473. The van der Waals surface area contributed by atoms with E-state index in [-0.39, 0.29) is 11.5 Å². The Bertz CT molecular complexity index is 966. The third-order valence-electron chi connectivity index (χ3n) is 3.69. The summed E-state index contributed by atoms with van der Waals surface area (Å²) in [5.74, 6) is 0.559. The molecule has 0 aromatic heterocycles. The molecule has 0 saturated carbocycles. The number of hydrogen-bond donors (Lipinski definition) is 2. The molecule has 24 heavy (non-hydrogen) atoms. The van der Waals surface area contributed by atoms with Crippen LogP contribution in [0, 0.1) is 0 Å². The van der Waals surface area contributed by atoms with Gasteiger partial charge in [-0.15, -0.1) is 0 Å². The Balaban J connectivity index is 0.000000141. The summed E-state index contributed by atoms with van der Waals surface area (Å²) < 4.78 is 0.764. The molecule has 0 spiro atoms. The molecule has 0 aliphatic rings. The van der Waals surface area contributed by atoms with E-state index in [0.717, 1.165) is 26.0 Å². The van der Waals surface area contributed by atoms with Gasteiger partial charge >= 0.3 is 0 Å². The minimum Gasteiger partial charge on any atom is -0.507 e. The van der Waals surface area contributed by atoms with Crippen LogP contribution in [-0.2, 0) is 0 Å². The molecule has 0 bridgehead atoms. The highest BCUT2D eigenvalue weighted by molar-refractivity contribution is 9.10. The second-order valence-corrected chi connectivity index (χ2v) is 6.43. The van der Waals surface area contributed by atoms with Crippen molar-refractivity contribution < 1.29 is 10.2 Å². The lowest BCUT2D eigenvalue weighted by Gasteiger charge is -2.01. The number of phenols is 2. The summed E-state index contributed by atoms with van der Waals surface area (Å²) >= 11 is 9.25. The van der Waals surface area contributed by atoms with E-state index in [1.54, 1.807) is 18.2 Å². The molecule has 0 fully saturated rings.